The number of aryl methyl sites for hydroxylation is 2. The molecule has 16 heavy (non-hydrogen) atoms. The van der Waals surface area contributed by atoms with Crippen LogP contribution in [0.3, 0.4) is 0 Å². The highest BCUT2D eigenvalue weighted by Crippen LogP contribution is 2.21. The maximum Gasteiger partial charge on any atom is 0.243 e. The zero-order valence-corrected chi connectivity index (χ0v) is 9.93. The minimum absolute atomic E-state index is 0.171. The number of rotatable bonds is 4. The third-order valence-corrected chi connectivity index (χ3v) is 3.00. The molecule has 0 aliphatic carbocycles. The molecular formula is C9H14N4O2S. The van der Waals surface area contributed by atoms with E-state index in [2.05, 4.69) is 10.3 Å². The van der Waals surface area contributed by atoms with Gasteiger partial charge in [-0.3, -0.25) is 9.59 Å². The van der Waals surface area contributed by atoms with Gasteiger partial charge in [-0.05, 0) is 13.8 Å². The molecule has 1 atom stereocenters. The van der Waals surface area contributed by atoms with Crippen molar-refractivity contribution in [1.29, 1.82) is 0 Å². The molecule has 0 saturated heterocycles. The number of primary amides is 1. The number of hydrogen-bond acceptors (Lipinski definition) is 5. The molecule has 0 bridgehead atoms. The Morgan fingerprint density at radius 3 is 2.56 bits per heavy atom. The van der Waals surface area contributed by atoms with Crippen molar-refractivity contribution in [2.75, 3.05) is 5.32 Å². The first-order valence-electron chi connectivity index (χ1n) is 4.69. The van der Waals surface area contributed by atoms with Crippen molar-refractivity contribution in [1.82, 2.24) is 4.98 Å². The van der Waals surface area contributed by atoms with Gasteiger partial charge in [0, 0.05) is 4.88 Å². The van der Waals surface area contributed by atoms with Crippen LogP contribution in [0.5, 0.6) is 0 Å². The molecule has 0 saturated carbocycles. The molecule has 6 nitrogen and oxygen atoms in total. The average molecular weight is 242 g/mol. The minimum atomic E-state index is -0.929. The Morgan fingerprint density at radius 1 is 1.50 bits per heavy atom. The van der Waals surface area contributed by atoms with Crippen LogP contribution >= 0.6 is 11.3 Å². The molecule has 1 aromatic heterocycles. The zero-order valence-electron chi connectivity index (χ0n) is 9.11. The van der Waals surface area contributed by atoms with Crippen LogP contribution in [-0.2, 0) is 9.59 Å². The smallest absolute Gasteiger partial charge is 0.243 e. The molecule has 1 rings (SSSR count). The maximum atomic E-state index is 11.5. The second-order valence-corrected chi connectivity index (χ2v) is 4.63. The lowest BCUT2D eigenvalue weighted by atomic mass is 10.2. The molecule has 0 spiro atoms. The molecule has 0 fully saturated rings. The van der Waals surface area contributed by atoms with Gasteiger partial charge >= 0.3 is 0 Å². The third-order valence-electron chi connectivity index (χ3n) is 2.02. The molecule has 7 heteroatoms. The summed E-state index contributed by atoms with van der Waals surface area (Å²) in [5.74, 6) is -1.05. The fraction of sp³-hybridized carbons (Fsp3) is 0.444. The summed E-state index contributed by atoms with van der Waals surface area (Å²) < 4.78 is 0. The Kier molecular flexibility index (Phi) is 3.97. The van der Waals surface area contributed by atoms with E-state index in [0.29, 0.717) is 5.13 Å². The average Bonchev–Trinajstić information content (AvgIpc) is 2.44. The first-order valence-corrected chi connectivity index (χ1v) is 5.50. The van der Waals surface area contributed by atoms with Crippen LogP contribution in [0.4, 0.5) is 5.13 Å². The van der Waals surface area contributed by atoms with Crippen molar-refractivity contribution in [2.24, 2.45) is 11.5 Å². The normalized spacial score (nSPS) is 12.2. The summed E-state index contributed by atoms with van der Waals surface area (Å²) in [6.45, 7) is 3.76. The first kappa shape index (κ1) is 12.6. The van der Waals surface area contributed by atoms with Crippen molar-refractivity contribution in [2.45, 2.75) is 26.3 Å². The molecule has 5 N–H and O–H groups in total. The number of nitrogens with two attached hydrogens (primary N) is 2. The molecule has 88 valence electrons. The van der Waals surface area contributed by atoms with Gasteiger partial charge in [0.05, 0.1) is 18.2 Å². The lowest BCUT2D eigenvalue weighted by molar-refractivity contribution is -0.123. The summed E-state index contributed by atoms with van der Waals surface area (Å²) >= 11 is 1.36. The third kappa shape index (κ3) is 3.28. The predicted octanol–water partition coefficient (Wildman–Crippen LogP) is -0.0989. The van der Waals surface area contributed by atoms with Gasteiger partial charge in [0.2, 0.25) is 11.8 Å². The van der Waals surface area contributed by atoms with Crippen molar-refractivity contribution in [3.05, 3.63) is 10.6 Å². The quantitative estimate of drug-likeness (QED) is 0.684. The van der Waals surface area contributed by atoms with Crippen molar-refractivity contribution < 1.29 is 9.59 Å². The molecule has 0 radical (unpaired) electrons. The van der Waals surface area contributed by atoms with E-state index in [1.54, 1.807) is 0 Å². The van der Waals surface area contributed by atoms with Gasteiger partial charge in [0.25, 0.3) is 0 Å². The minimum Gasteiger partial charge on any atom is -0.370 e. The number of amides is 2. The van der Waals surface area contributed by atoms with Crippen LogP contribution in [-0.4, -0.2) is 22.8 Å². The second kappa shape index (κ2) is 5.04. The number of thiazole rings is 1. The highest BCUT2D eigenvalue weighted by atomic mass is 32.1. The summed E-state index contributed by atoms with van der Waals surface area (Å²) in [4.78, 5) is 27.2. The molecule has 0 aliphatic heterocycles. The Bertz CT molecular complexity index is 396. The van der Waals surface area contributed by atoms with Gasteiger partial charge in [-0.1, -0.05) is 0 Å². The van der Waals surface area contributed by atoms with Gasteiger partial charge in [0.15, 0.2) is 5.13 Å². The number of aromatic nitrogens is 1. The molecule has 1 heterocycles. The van der Waals surface area contributed by atoms with E-state index in [-0.39, 0.29) is 6.42 Å². The van der Waals surface area contributed by atoms with Crippen LogP contribution in [0.15, 0.2) is 0 Å². The van der Waals surface area contributed by atoms with Gasteiger partial charge < -0.3 is 16.8 Å². The number of anilines is 1. The molecule has 2 amide bonds. The monoisotopic (exact) mass is 242 g/mol. The largest absolute Gasteiger partial charge is 0.370 e. The van der Waals surface area contributed by atoms with Crippen LogP contribution in [0.1, 0.15) is 17.0 Å². The fourth-order valence-corrected chi connectivity index (χ4v) is 1.85. The Balaban J connectivity index is 2.60. The number of hydrogen-bond donors (Lipinski definition) is 3. The fourth-order valence-electron chi connectivity index (χ4n) is 1.03. The lowest BCUT2D eigenvalue weighted by Gasteiger charge is -2.07. The van der Waals surface area contributed by atoms with Crippen LogP contribution in [0, 0.1) is 13.8 Å². The number of nitrogens with zero attached hydrogens (tertiary/aromatic N) is 1. The van der Waals surface area contributed by atoms with Gasteiger partial charge in [-0.2, -0.15) is 0 Å². The van der Waals surface area contributed by atoms with Crippen LogP contribution in [0.2, 0.25) is 0 Å². The van der Waals surface area contributed by atoms with E-state index in [9.17, 15) is 9.59 Å². The molecule has 0 aromatic carbocycles. The Labute approximate surface area is 97.0 Å². The van der Waals surface area contributed by atoms with Gasteiger partial charge in [0.1, 0.15) is 0 Å². The number of carbonyl (C=O) groups excluding carboxylic acids is 2. The highest BCUT2D eigenvalue weighted by molar-refractivity contribution is 7.15. The van der Waals surface area contributed by atoms with E-state index in [1.807, 2.05) is 13.8 Å². The predicted molar refractivity (Wildman–Crippen MR) is 62.0 cm³/mol. The molecule has 1 aromatic rings. The SMILES string of the molecule is Cc1nc(NC(=O)C(N)CC(N)=O)sc1C. The Hall–Kier alpha value is -1.47. The van der Waals surface area contributed by atoms with Crippen molar-refractivity contribution >= 4 is 28.3 Å². The number of carbonyl (C=O) groups is 2. The Morgan fingerprint density at radius 2 is 2.12 bits per heavy atom. The van der Waals surface area contributed by atoms with E-state index in [4.69, 9.17) is 11.5 Å². The second-order valence-electron chi connectivity index (χ2n) is 3.43. The van der Waals surface area contributed by atoms with Crippen LogP contribution in [0.25, 0.3) is 0 Å². The lowest BCUT2D eigenvalue weighted by Crippen LogP contribution is -2.38. The van der Waals surface area contributed by atoms with E-state index in [0.717, 1.165) is 10.6 Å². The summed E-state index contributed by atoms with van der Waals surface area (Å²) in [6.07, 6.45) is -0.171. The number of nitrogens with one attached hydrogen (secondary N) is 1. The van der Waals surface area contributed by atoms with E-state index >= 15 is 0 Å². The molecule has 0 aliphatic rings. The van der Waals surface area contributed by atoms with Gasteiger partial charge in [-0.15, -0.1) is 11.3 Å². The summed E-state index contributed by atoms with van der Waals surface area (Å²) in [5, 5.41) is 3.03. The first-order chi connectivity index (χ1) is 7.40. The zero-order chi connectivity index (χ0) is 12.3. The molecular weight excluding hydrogens is 228 g/mol. The summed E-state index contributed by atoms with van der Waals surface area (Å²) in [7, 11) is 0. The molecule has 1 unspecified atom stereocenters. The van der Waals surface area contributed by atoms with Crippen LogP contribution < -0.4 is 16.8 Å². The van der Waals surface area contributed by atoms with E-state index < -0.39 is 17.9 Å². The topological polar surface area (TPSA) is 111 Å². The van der Waals surface area contributed by atoms with Crippen molar-refractivity contribution in [3.63, 3.8) is 0 Å². The maximum absolute atomic E-state index is 11.5. The summed E-state index contributed by atoms with van der Waals surface area (Å²) in [6, 6.07) is -0.929. The summed E-state index contributed by atoms with van der Waals surface area (Å²) in [5.41, 5.74) is 11.3. The van der Waals surface area contributed by atoms with E-state index in [1.165, 1.54) is 11.3 Å². The standard InChI is InChI=1S/C9H14N4O2S/c1-4-5(2)16-9(12-4)13-8(15)6(10)3-7(11)14/h6H,3,10H2,1-2H3,(H2,11,14)(H,12,13,15). The highest BCUT2D eigenvalue weighted by Gasteiger charge is 2.17. The van der Waals surface area contributed by atoms with Gasteiger partial charge in [-0.25, -0.2) is 4.98 Å². The van der Waals surface area contributed by atoms with Crippen molar-refractivity contribution in [3.8, 4) is 0 Å².